The molecule has 0 aromatic carbocycles. The lowest BCUT2D eigenvalue weighted by Crippen LogP contribution is -2.39. The maximum atomic E-state index is 12.0. The molecule has 0 bridgehead atoms. The van der Waals surface area contributed by atoms with E-state index in [0.29, 0.717) is 6.04 Å². The monoisotopic (exact) mass is 374 g/mol. The minimum Gasteiger partial charge on any atom is -0.352 e. The molecule has 0 spiro atoms. The van der Waals surface area contributed by atoms with Crippen molar-refractivity contribution in [1.82, 2.24) is 20.4 Å². The van der Waals surface area contributed by atoms with Crippen LogP contribution in [0, 0.1) is 0 Å². The normalized spacial score (nSPS) is 13.8. The van der Waals surface area contributed by atoms with Gasteiger partial charge in [-0.1, -0.05) is 48.2 Å². The van der Waals surface area contributed by atoms with Crippen molar-refractivity contribution in [3.63, 3.8) is 0 Å². The van der Waals surface area contributed by atoms with E-state index in [0.717, 1.165) is 27.3 Å². The molecule has 1 saturated carbocycles. The predicted molar refractivity (Wildman–Crippen MR) is 95.1 cm³/mol. The van der Waals surface area contributed by atoms with Gasteiger partial charge < -0.3 is 10.2 Å². The number of likely N-dealkylation sites (N-methyl/N-ethyl adjacent to an activating group) is 1. The van der Waals surface area contributed by atoms with E-state index in [4.69, 9.17) is 0 Å². The highest BCUT2D eigenvalue weighted by atomic mass is 32.2. The molecule has 128 valence electrons. The van der Waals surface area contributed by atoms with Gasteiger partial charge in [0.2, 0.25) is 11.8 Å². The van der Waals surface area contributed by atoms with E-state index < -0.39 is 0 Å². The summed E-state index contributed by atoms with van der Waals surface area (Å²) < 4.78 is 1.75. The molecule has 23 heavy (non-hydrogen) atoms. The molecular formula is C14H22N4O2S3. The van der Waals surface area contributed by atoms with Gasteiger partial charge >= 0.3 is 0 Å². The molecule has 0 radical (unpaired) electrons. The van der Waals surface area contributed by atoms with Gasteiger partial charge in [0.05, 0.1) is 12.3 Å². The minimum absolute atomic E-state index is 0.0728. The van der Waals surface area contributed by atoms with Crippen LogP contribution in [0.25, 0.3) is 0 Å². The van der Waals surface area contributed by atoms with Gasteiger partial charge in [-0.25, -0.2) is 0 Å². The van der Waals surface area contributed by atoms with Crippen molar-refractivity contribution in [3.8, 4) is 0 Å². The Morgan fingerprint density at radius 1 is 1.30 bits per heavy atom. The zero-order valence-electron chi connectivity index (χ0n) is 13.4. The first kappa shape index (κ1) is 18.5. The van der Waals surface area contributed by atoms with Crippen molar-refractivity contribution >= 4 is 46.7 Å². The third-order valence-corrected chi connectivity index (χ3v) is 6.44. The lowest BCUT2D eigenvalue weighted by atomic mass is 10.4. The topological polar surface area (TPSA) is 75.2 Å². The molecule has 2 rings (SSSR count). The molecule has 0 aliphatic heterocycles. The molecule has 1 aliphatic rings. The Morgan fingerprint density at radius 2 is 2.00 bits per heavy atom. The highest BCUT2D eigenvalue weighted by molar-refractivity contribution is 8.03. The first-order chi connectivity index (χ1) is 11.1. The zero-order chi connectivity index (χ0) is 16.7. The summed E-state index contributed by atoms with van der Waals surface area (Å²) in [6.07, 6.45) is 4.44. The summed E-state index contributed by atoms with van der Waals surface area (Å²) >= 11 is 4.61. The summed E-state index contributed by atoms with van der Waals surface area (Å²) in [5.74, 6) is 1.17. The van der Waals surface area contributed by atoms with E-state index in [9.17, 15) is 9.59 Å². The van der Waals surface area contributed by atoms with Crippen LogP contribution in [0.2, 0.25) is 0 Å². The van der Waals surface area contributed by atoms with Gasteiger partial charge in [0.1, 0.15) is 0 Å². The van der Waals surface area contributed by atoms with Crippen LogP contribution in [-0.2, 0) is 9.59 Å². The summed E-state index contributed by atoms with van der Waals surface area (Å²) in [7, 11) is 1.65. The number of nitrogens with one attached hydrogen (secondary N) is 1. The van der Waals surface area contributed by atoms with Crippen LogP contribution in [0.4, 0.5) is 0 Å². The van der Waals surface area contributed by atoms with E-state index in [1.54, 1.807) is 18.8 Å². The second kappa shape index (κ2) is 9.48. The summed E-state index contributed by atoms with van der Waals surface area (Å²) in [6.45, 7) is 2.28. The average molecular weight is 375 g/mol. The van der Waals surface area contributed by atoms with E-state index >= 15 is 0 Å². The molecule has 6 nitrogen and oxygen atoms in total. The molecule has 1 N–H and O–H groups in total. The molecule has 0 atom stereocenters. The van der Waals surface area contributed by atoms with E-state index in [2.05, 4.69) is 22.4 Å². The highest BCUT2D eigenvalue weighted by Crippen LogP contribution is 2.29. The fourth-order valence-electron chi connectivity index (χ4n) is 1.66. The number of hydrogen-bond donors (Lipinski definition) is 1. The van der Waals surface area contributed by atoms with E-state index in [-0.39, 0.29) is 24.1 Å². The summed E-state index contributed by atoms with van der Waals surface area (Å²) in [4.78, 5) is 25.2. The molecule has 9 heteroatoms. The van der Waals surface area contributed by atoms with Gasteiger partial charge in [-0.05, 0) is 19.3 Å². The molecule has 1 heterocycles. The van der Waals surface area contributed by atoms with Gasteiger partial charge in [-0.15, -0.1) is 10.2 Å². The van der Waals surface area contributed by atoms with Crippen LogP contribution < -0.4 is 5.32 Å². The van der Waals surface area contributed by atoms with Gasteiger partial charge in [-0.3, -0.25) is 9.59 Å². The average Bonchev–Trinajstić information content (AvgIpc) is 3.21. The smallest absolute Gasteiger partial charge is 0.239 e. The zero-order valence-corrected chi connectivity index (χ0v) is 15.9. The van der Waals surface area contributed by atoms with Crippen LogP contribution in [0.1, 0.15) is 32.6 Å². The number of thioether (sulfide) groups is 2. The maximum Gasteiger partial charge on any atom is 0.239 e. The number of carbonyl (C=O) groups is 2. The number of hydrogen-bond acceptors (Lipinski definition) is 7. The molecule has 2 amide bonds. The summed E-state index contributed by atoms with van der Waals surface area (Å²) in [5, 5.41) is 11.1. The van der Waals surface area contributed by atoms with Crippen LogP contribution in [0.3, 0.4) is 0 Å². The number of aromatic nitrogens is 2. The standard InChI is InChI=1S/C14H22N4O2S3/c1-3-4-7-21-13-16-17-14(23-13)22-9-12(20)18(2)8-11(19)15-10-5-6-10/h10H,3-9H2,1-2H3,(H,15,19). The number of nitrogens with zero attached hydrogens (tertiary/aromatic N) is 3. The van der Waals surface area contributed by atoms with Crippen molar-refractivity contribution < 1.29 is 9.59 Å². The van der Waals surface area contributed by atoms with Crippen molar-refractivity contribution in [3.05, 3.63) is 0 Å². The highest BCUT2D eigenvalue weighted by Gasteiger charge is 2.24. The van der Waals surface area contributed by atoms with Gasteiger partial charge in [0.25, 0.3) is 0 Å². The Kier molecular flexibility index (Phi) is 7.64. The van der Waals surface area contributed by atoms with Crippen molar-refractivity contribution in [2.45, 2.75) is 47.3 Å². The lowest BCUT2D eigenvalue weighted by molar-refractivity contribution is -0.132. The van der Waals surface area contributed by atoms with E-state index in [1.165, 1.54) is 40.8 Å². The van der Waals surface area contributed by atoms with E-state index in [1.807, 2.05) is 0 Å². The Hall–Kier alpha value is -0.800. The molecule has 1 aromatic heterocycles. The largest absolute Gasteiger partial charge is 0.352 e. The summed E-state index contributed by atoms with van der Waals surface area (Å²) in [5.41, 5.74) is 0. The van der Waals surface area contributed by atoms with Crippen LogP contribution >= 0.6 is 34.9 Å². The van der Waals surface area contributed by atoms with Crippen LogP contribution in [0.5, 0.6) is 0 Å². The van der Waals surface area contributed by atoms with Crippen LogP contribution in [-0.4, -0.2) is 58.1 Å². The predicted octanol–water partition coefficient (Wildman–Crippen LogP) is 2.26. The van der Waals surface area contributed by atoms with Crippen molar-refractivity contribution in [2.24, 2.45) is 0 Å². The number of rotatable bonds is 10. The van der Waals surface area contributed by atoms with Gasteiger partial charge in [-0.2, -0.15) is 0 Å². The Morgan fingerprint density at radius 3 is 2.65 bits per heavy atom. The first-order valence-electron chi connectivity index (χ1n) is 7.71. The SMILES string of the molecule is CCCCSc1nnc(SCC(=O)N(C)CC(=O)NC2CC2)s1. The number of carbonyl (C=O) groups excluding carboxylic acids is 2. The molecule has 0 unspecified atom stereocenters. The quantitative estimate of drug-likeness (QED) is 0.500. The fraction of sp³-hybridized carbons (Fsp3) is 0.714. The van der Waals surface area contributed by atoms with Gasteiger partial charge in [0.15, 0.2) is 8.68 Å². The number of unbranched alkanes of at least 4 members (excludes halogenated alkanes) is 1. The summed E-state index contributed by atoms with van der Waals surface area (Å²) in [6, 6.07) is 0.324. The Labute approximate surface area is 149 Å². The van der Waals surface area contributed by atoms with Crippen LogP contribution in [0.15, 0.2) is 8.68 Å². The fourth-order valence-corrected chi connectivity index (χ4v) is 4.77. The lowest BCUT2D eigenvalue weighted by Gasteiger charge is -2.16. The molecular weight excluding hydrogens is 352 g/mol. The molecule has 1 aliphatic carbocycles. The third-order valence-electron chi connectivity index (χ3n) is 3.18. The maximum absolute atomic E-state index is 12.0. The molecule has 1 aromatic rings. The Balaban J connectivity index is 1.67. The molecule has 1 fully saturated rings. The van der Waals surface area contributed by atoms with Gasteiger partial charge in [0, 0.05) is 18.8 Å². The second-order valence-corrected chi connectivity index (χ2v) is 8.96. The number of amides is 2. The first-order valence-corrected chi connectivity index (χ1v) is 10.5. The minimum atomic E-state index is -0.0844. The second-order valence-electron chi connectivity index (χ2n) is 5.42. The third kappa shape index (κ3) is 7.09. The Bertz CT molecular complexity index is 534. The van der Waals surface area contributed by atoms with Crippen molar-refractivity contribution in [2.75, 3.05) is 25.1 Å². The molecule has 0 saturated heterocycles. The van der Waals surface area contributed by atoms with Crippen molar-refractivity contribution in [1.29, 1.82) is 0 Å².